The molecule has 5 nitrogen and oxygen atoms in total. The van der Waals surface area contributed by atoms with Crippen LogP contribution in [0.4, 0.5) is 0 Å². The number of likely N-dealkylation sites (tertiary alicyclic amines) is 1. The summed E-state index contributed by atoms with van der Waals surface area (Å²) in [6, 6.07) is 9.54. The summed E-state index contributed by atoms with van der Waals surface area (Å²) < 4.78 is 6.24. The second kappa shape index (κ2) is 6.65. The third-order valence-electron chi connectivity index (χ3n) is 5.33. The summed E-state index contributed by atoms with van der Waals surface area (Å²) in [5.74, 6) is 1.82. The molecule has 1 saturated heterocycles. The van der Waals surface area contributed by atoms with E-state index in [1.165, 1.54) is 30.4 Å². The molecule has 2 aliphatic rings. The Bertz CT molecular complexity index is 694. The maximum atomic E-state index is 6.24. The Morgan fingerprint density at radius 2 is 2.17 bits per heavy atom. The highest BCUT2D eigenvalue weighted by Crippen LogP contribution is 2.39. The van der Waals surface area contributed by atoms with Crippen LogP contribution in [0, 0.1) is 13.8 Å². The minimum absolute atomic E-state index is 0.259. The molecular weight excluding hydrogens is 300 g/mol. The SMILES string of the molecule is Cc1cccc(CO[C@H]2C[C@@H](c3n[nH]c(C)n3)N(C3CCC3)C2)c1. The summed E-state index contributed by atoms with van der Waals surface area (Å²) >= 11 is 0. The first-order valence-corrected chi connectivity index (χ1v) is 9.01. The maximum Gasteiger partial charge on any atom is 0.167 e. The van der Waals surface area contributed by atoms with E-state index in [0.717, 1.165) is 24.6 Å². The van der Waals surface area contributed by atoms with E-state index in [-0.39, 0.29) is 6.10 Å². The van der Waals surface area contributed by atoms with Gasteiger partial charge in [0.25, 0.3) is 0 Å². The molecule has 0 radical (unpaired) electrons. The van der Waals surface area contributed by atoms with Gasteiger partial charge in [-0.15, -0.1) is 0 Å². The number of aryl methyl sites for hydroxylation is 2. The molecule has 2 aromatic rings. The van der Waals surface area contributed by atoms with Crippen molar-refractivity contribution in [3.63, 3.8) is 0 Å². The van der Waals surface area contributed by atoms with Gasteiger partial charge in [0.1, 0.15) is 5.82 Å². The van der Waals surface area contributed by atoms with Crippen molar-refractivity contribution in [3.8, 4) is 0 Å². The molecule has 128 valence electrons. The highest BCUT2D eigenvalue weighted by Gasteiger charge is 2.41. The van der Waals surface area contributed by atoms with Gasteiger partial charge < -0.3 is 4.74 Å². The zero-order chi connectivity index (χ0) is 16.5. The Balaban J connectivity index is 1.43. The van der Waals surface area contributed by atoms with Crippen molar-refractivity contribution in [2.45, 2.75) is 64.3 Å². The number of H-pyrrole nitrogens is 1. The van der Waals surface area contributed by atoms with Crippen molar-refractivity contribution < 1.29 is 4.74 Å². The van der Waals surface area contributed by atoms with E-state index in [1.807, 2.05) is 6.92 Å². The van der Waals surface area contributed by atoms with E-state index < -0.39 is 0 Å². The van der Waals surface area contributed by atoms with Crippen LogP contribution in [-0.2, 0) is 11.3 Å². The van der Waals surface area contributed by atoms with Gasteiger partial charge >= 0.3 is 0 Å². The van der Waals surface area contributed by atoms with Gasteiger partial charge in [-0.3, -0.25) is 10.00 Å². The Labute approximate surface area is 143 Å². The molecule has 1 aromatic carbocycles. The summed E-state index contributed by atoms with van der Waals surface area (Å²) in [4.78, 5) is 7.16. The van der Waals surface area contributed by atoms with Crippen molar-refractivity contribution in [2.24, 2.45) is 0 Å². The van der Waals surface area contributed by atoms with Crippen molar-refractivity contribution in [2.75, 3.05) is 6.54 Å². The first-order chi connectivity index (χ1) is 11.7. The number of hydrogen-bond acceptors (Lipinski definition) is 4. The first-order valence-electron chi connectivity index (χ1n) is 9.01. The zero-order valence-electron chi connectivity index (χ0n) is 14.5. The van der Waals surface area contributed by atoms with E-state index in [4.69, 9.17) is 4.74 Å². The van der Waals surface area contributed by atoms with Crippen LogP contribution in [0.15, 0.2) is 24.3 Å². The van der Waals surface area contributed by atoms with Crippen LogP contribution in [0.3, 0.4) is 0 Å². The fourth-order valence-electron chi connectivity index (χ4n) is 3.84. The summed E-state index contributed by atoms with van der Waals surface area (Å²) in [6.07, 6.45) is 5.18. The van der Waals surface area contributed by atoms with Crippen LogP contribution in [0.25, 0.3) is 0 Å². The number of aromatic amines is 1. The number of nitrogens with one attached hydrogen (secondary N) is 1. The molecule has 1 aliphatic heterocycles. The maximum absolute atomic E-state index is 6.24. The third-order valence-corrected chi connectivity index (χ3v) is 5.33. The van der Waals surface area contributed by atoms with E-state index >= 15 is 0 Å². The second-order valence-corrected chi connectivity index (χ2v) is 7.23. The van der Waals surface area contributed by atoms with E-state index in [0.29, 0.717) is 18.7 Å². The molecule has 24 heavy (non-hydrogen) atoms. The van der Waals surface area contributed by atoms with Gasteiger partial charge in [0.05, 0.1) is 18.8 Å². The summed E-state index contributed by atoms with van der Waals surface area (Å²) in [5, 5.41) is 7.41. The lowest BCUT2D eigenvalue weighted by atomic mass is 9.91. The van der Waals surface area contributed by atoms with Gasteiger partial charge in [-0.2, -0.15) is 5.10 Å². The minimum Gasteiger partial charge on any atom is -0.372 e. The summed E-state index contributed by atoms with van der Waals surface area (Å²) in [5.41, 5.74) is 2.54. The van der Waals surface area contributed by atoms with E-state index in [1.54, 1.807) is 0 Å². The van der Waals surface area contributed by atoms with Crippen molar-refractivity contribution in [1.82, 2.24) is 20.1 Å². The molecule has 4 rings (SSSR count). The van der Waals surface area contributed by atoms with Gasteiger partial charge in [-0.05, 0) is 38.7 Å². The van der Waals surface area contributed by atoms with Crippen molar-refractivity contribution >= 4 is 0 Å². The highest BCUT2D eigenvalue weighted by atomic mass is 16.5. The standard InChI is InChI=1S/C19H26N4O/c1-13-5-3-6-15(9-13)12-24-17-10-18(19-20-14(2)21-22-19)23(11-17)16-7-4-8-16/h3,5-6,9,16-18H,4,7-8,10-12H2,1-2H3,(H,20,21,22)/t17-,18-/m0/s1. The van der Waals surface area contributed by atoms with Crippen LogP contribution in [0.2, 0.25) is 0 Å². The Kier molecular flexibility index (Phi) is 4.37. The smallest absolute Gasteiger partial charge is 0.167 e. The van der Waals surface area contributed by atoms with Crippen molar-refractivity contribution in [1.29, 1.82) is 0 Å². The molecule has 1 aliphatic carbocycles. The van der Waals surface area contributed by atoms with Crippen LogP contribution in [0.1, 0.15) is 54.5 Å². The van der Waals surface area contributed by atoms with Crippen LogP contribution in [0.5, 0.6) is 0 Å². The molecule has 0 amide bonds. The fraction of sp³-hybridized carbons (Fsp3) is 0.579. The van der Waals surface area contributed by atoms with Gasteiger partial charge in [0.15, 0.2) is 5.82 Å². The Hall–Kier alpha value is -1.72. The molecule has 1 aromatic heterocycles. The molecule has 2 heterocycles. The molecule has 2 fully saturated rings. The number of aromatic nitrogens is 3. The van der Waals surface area contributed by atoms with Gasteiger partial charge in [-0.1, -0.05) is 36.2 Å². The predicted octanol–water partition coefficient (Wildman–Crippen LogP) is 3.31. The fourth-order valence-corrected chi connectivity index (χ4v) is 3.84. The summed E-state index contributed by atoms with van der Waals surface area (Å²) in [7, 11) is 0. The minimum atomic E-state index is 0.259. The largest absolute Gasteiger partial charge is 0.372 e. The zero-order valence-corrected chi connectivity index (χ0v) is 14.5. The molecule has 0 bridgehead atoms. The third kappa shape index (κ3) is 3.23. The number of nitrogens with zero attached hydrogens (tertiary/aromatic N) is 3. The average molecular weight is 326 g/mol. The van der Waals surface area contributed by atoms with Gasteiger partial charge in [-0.25, -0.2) is 4.98 Å². The van der Waals surface area contributed by atoms with E-state index in [9.17, 15) is 0 Å². The molecule has 0 unspecified atom stereocenters. The normalized spacial score (nSPS) is 25.1. The van der Waals surface area contributed by atoms with Crippen LogP contribution < -0.4 is 0 Å². The lowest BCUT2D eigenvalue weighted by Gasteiger charge is -2.37. The molecular formula is C19H26N4O. The highest BCUT2D eigenvalue weighted by molar-refractivity contribution is 5.21. The molecule has 0 spiro atoms. The molecule has 1 N–H and O–H groups in total. The Morgan fingerprint density at radius 1 is 1.29 bits per heavy atom. The topological polar surface area (TPSA) is 54.0 Å². The summed E-state index contributed by atoms with van der Waals surface area (Å²) in [6.45, 7) is 5.77. The number of benzene rings is 1. The average Bonchev–Trinajstić information content (AvgIpc) is 3.10. The monoisotopic (exact) mass is 326 g/mol. The second-order valence-electron chi connectivity index (χ2n) is 7.23. The Morgan fingerprint density at radius 3 is 2.83 bits per heavy atom. The van der Waals surface area contributed by atoms with Gasteiger partial charge in [0.2, 0.25) is 0 Å². The lowest BCUT2D eigenvalue weighted by Crippen LogP contribution is -2.40. The molecule has 5 heteroatoms. The van der Waals surface area contributed by atoms with E-state index in [2.05, 4.69) is 51.3 Å². The lowest BCUT2D eigenvalue weighted by molar-refractivity contribution is 0.0370. The van der Waals surface area contributed by atoms with Crippen molar-refractivity contribution in [3.05, 3.63) is 47.0 Å². The van der Waals surface area contributed by atoms with Crippen LogP contribution >= 0.6 is 0 Å². The quantitative estimate of drug-likeness (QED) is 0.916. The molecule has 2 atom stereocenters. The van der Waals surface area contributed by atoms with Gasteiger partial charge in [0, 0.05) is 12.6 Å². The predicted molar refractivity (Wildman–Crippen MR) is 92.6 cm³/mol. The number of ether oxygens (including phenoxy) is 1. The first kappa shape index (κ1) is 15.8. The number of hydrogen-bond donors (Lipinski definition) is 1. The van der Waals surface area contributed by atoms with Crippen LogP contribution in [-0.4, -0.2) is 38.8 Å². The molecule has 1 saturated carbocycles. The number of rotatable bonds is 5.